The van der Waals surface area contributed by atoms with E-state index in [1.54, 1.807) is 26.0 Å². The van der Waals surface area contributed by atoms with Crippen LogP contribution in [0.5, 0.6) is 0 Å². The first-order valence-electron chi connectivity index (χ1n) is 12.9. The Bertz CT molecular complexity index is 1060. The molecule has 1 aromatic rings. The molecule has 222 valence electrons. The van der Waals surface area contributed by atoms with Crippen LogP contribution in [0.3, 0.4) is 0 Å². The molecule has 0 spiro atoms. The number of carbonyl (C=O) groups is 6. The van der Waals surface area contributed by atoms with Gasteiger partial charge < -0.3 is 41.9 Å². The zero-order valence-electron chi connectivity index (χ0n) is 23.0. The molecule has 0 saturated heterocycles. The topological polar surface area (TPSA) is 223 Å². The molecule has 14 nitrogen and oxygen atoms in total. The third-order valence-corrected chi connectivity index (χ3v) is 5.57. The minimum absolute atomic E-state index is 0.00198. The molecule has 8 N–H and O–H groups in total. The Hall–Kier alpha value is -4.20. The zero-order chi connectivity index (χ0) is 30.4. The minimum atomic E-state index is -1.43. The third kappa shape index (κ3) is 12.6. The summed E-state index contributed by atoms with van der Waals surface area (Å²) in [6.07, 6.45) is 0.214. The molecule has 0 aliphatic carbocycles. The fourth-order valence-electron chi connectivity index (χ4n) is 3.56. The van der Waals surface area contributed by atoms with E-state index in [2.05, 4.69) is 26.6 Å². The number of aliphatic hydroxyl groups is 1. The largest absolute Gasteiger partial charge is 0.481 e. The quantitative estimate of drug-likeness (QED) is 0.144. The number of urea groups is 1. The summed E-state index contributed by atoms with van der Waals surface area (Å²) >= 11 is 0. The van der Waals surface area contributed by atoms with Gasteiger partial charge in [-0.05, 0) is 42.9 Å². The van der Waals surface area contributed by atoms with Gasteiger partial charge in [0.05, 0.1) is 6.61 Å². The van der Waals surface area contributed by atoms with Crippen LogP contribution in [0.1, 0.15) is 53.4 Å². The predicted molar refractivity (Wildman–Crippen MR) is 145 cm³/mol. The Morgan fingerprint density at radius 3 is 1.93 bits per heavy atom. The molecular formula is C26H39N5O9. The van der Waals surface area contributed by atoms with E-state index in [1.807, 2.05) is 13.8 Å². The van der Waals surface area contributed by atoms with Gasteiger partial charge in [-0.15, -0.1) is 0 Å². The second kappa shape index (κ2) is 16.7. The van der Waals surface area contributed by atoms with Gasteiger partial charge in [0.2, 0.25) is 17.7 Å². The Morgan fingerprint density at radius 2 is 1.40 bits per heavy atom. The fraction of sp³-hybridized carbons (Fsp3) is 0.538. The number of anilines is 2. The first-order chi connectivity index (χ1) is 18.7. The van der Waals surface area contributed by atoms with Gasteiger partial charge in [0, 0.05) is 24.2 Å². The number of carboxylic acid groups (broad SMARTS) is 2. The Morgan fingerprint density at radius 1 is 0.800 bits per heavy atom. The van der Waals surface area contributed by atoms with Crippen LogP contribution in [0.15, 0.2) is 24.3 Å². The zero-order valence-corrected chi connectivity index (χ0v) is 23.0. The van der Waals surface area contributed by atoms with Gasteiger partial charge in [-0.3, -0.25) is 19.2 Å². The Labute approximate surface area is 232 Å². The van der Waals surface area contributed by atoms with E-state index < -0.39 is 66.3 Å². The van der Waals surface area contributed by atoms with Crippen molar-refractivity contribution in [3.63, 3.8) is 0 Å². The van der Waals surface area contributed by atoms with Crippen molar-refractivity contribution in [1.29, 1.82) is 0 Å². The van der Waals surface area contributed by atoms with E-state index >= 15 is 0 Å². The van der Waals surface area contributed by atoms with Gasteiger partial charge in [0.15, 0.2) is 0 Å². The molecule has 1 aromatic carbocycles. The average molecular weight is 566 g/mol. The second-order valence-electron chi connectivity index (χ2n) is 9.97. The van der Waals surface area contributed by atoms with E-state index in [0.717, 1.165) is 0 Å². The average Bonchev–Trinajstić information content (AvgIpc) is 2.84. The number of carbonyl (C=O) groups excluding carboxylic acids is 4. The van der Waals surface area contributed by atoms with E-state index in [1.165, 1.54) is 12.1 Å². The first kappa shape index (κ1) is 33.8. The molecule has 0 aliphatic heterocycles. The molecule has 0 radical (unpaired) electrons. The van der Waals surface area contributed by atoms with E-state index in [0.29, 0.717) is 5.69 Å². The normalized spacial score (nSPS) is 13.1. The highest BCUT2D eigenvalue weighted by atomic mass is 16.4. The van der Waals surface area contributed by atoms with Crippen LogP contribution in [0, 0.1) is 11.8 Å². The van der Waals surface area contributed by atoms with Gasteiger partial charge >= 0.3 is 18.0 Å². The van der Waals surface area contributed by atoms with Gasteiger partial charge in [-0.2, -0.15) is 0 Å². The van der Waals surface area contributed by atoms with E-state index in [4.69, 9.17) is 5.11 Å². The SMILES string of the molecule is CC(C)C[C@H](NC(=O)[C@H](CO)NC(=O)Nc1cccc(NC(=O)CCCC(=O)O)c1)C(=O)N[C@H](C(=O)O)C(C)C. The molecule has 0 fully saturated rings. The maximum Gasteiger partial charge on any atom is 0.326 e. The highest BCUT2D eigenvalue weighted by Gasteiger charge is 2.31. The number of hydrogen-bond acceptors (Lipinski definition) is 7. The summed E-state index contributed by atoms with van der Waals surface area (Å²) in [6.45, 7) is 6.10. The van der Waals surface area contributed by atoms with Crippen LogP contribution in [-0.2, 0) is 24.0 Å². The summed E-state index contributed by atoms with van der Waals surface area (Å²) in [5.41, 5.74) is 0.599. The molecule has 40 heavy (non-hydrogen) atoms. The van der Waals surface area contributed by atoms with Gasteiger partial charge in [-0.1, -0.05) is 33.8 Å². The van der Waals surface area contributed by atoms with Crippen molar-refractivity contribution >= 4 is 47.1 Å². The van der Waals surface area contributed by atoms with Crippen LogP contribution in [0.25, 0.3) is 0 Å². The highest BCUT2D eigenvalue weighted by Crippen LogP contribution is 2.16. The summed E-state index contributed by atoms with van der Waals surface area (Å²) in [5, 5.41) is 40.0. The van der Waals surface area contributed by atoms with Crippen molar-refractivity contribution in [3.05, 3.63) is 24.3 Å². The number of amides is 5. The summed E-state index contributed by atoms with van der Waals surface area (Å²) in [4.78, 5) is 72.2. The van der Waals surface area contributed by atoms with Gasteiger partial charge in [0.25, 0.3) is 0 Å². The molecule has 14 heteroatoms. The van der Waals surface area contributed by atoms with Crippen molar-refractivity contribution in [2.45, 2.75) is 71.5 Å². The summed E-state index contributed by atoms with van der Waals surface area (Å²) in [5.74, 6) is -4.63. The lowest BCUT2D eigenvalue weighted by Gasteiger charge is -2.26. The lowest BCUT2D eigenvalue weighted by molar-refractivity contribution is -0.143. The highest BCUT2D eigenvalue weighted by molar-refractivity contribution is 5.97. The smallest absolute Gasteiger partial charge is 0.326 e. The van der Waals surface area contributed by atoms with Crippen molar-refractivity contribution in [2.75, 3.05) is 17.2 Å². The molecule has 0 saturated carbocycles. The number of aliphatic hydroxyl groups excluding tert-OH is 1. The maximum atomic E-state index is 12.8. The molecule has 0 bridgehead atoms. The van der Waals surface area contributed by atoms with Crippen LogP contribution >= 0.6 is 0 Å². The summed E-state index contributed by atoms with van der Waals surface area (Å²) in [7, 11) is 0. The number of aliphatic carboxylic acids is 2. The monoisotopic (exact) mass is 565 g/mol. The number of carboxylic acids is 2. The van der Waals surface area contributed by atoms with Crippen molar-refractivity contribution < 1.29 is 44.1 Å². The maximum absolute atomic E-state index is 12.8. The number of nitrogens with one attached hydrogen (secondary N) is 5. The van der Waals surface area contributed by atoms with Crippen molar-refractivity contribution in [1.82, 2.24) is 16.0 Å². The number of rotatable bonds is 16. The van der Waals surface area contributed by atoms with Gasteiger partial charge in [-0.25, -0.2) is 9.59 Å². The lowest BCUT2D eigenvalue weighted by Crippen LogP contribution is -2.57. The van der Waals surface area contributed by atoms with Gasteiger partial charge in [0.1, 0.15) is 18.1 Å². The first-order valence-corrected chi connectivity index (χ1v) is 12.9. The molecule has 0 unspecified atom stereocenters. The summed E-state index contributed by atoms with van der Waals surface area (Å²) in [6, 6.07) is 1.52. The Kier molecular flexibility index (Phi) is 14.1. The predicted octanol–water partition coefficient (Wildman–Crippen LogP) is 1.12. The molecule has 5 amide bonds. The Balaban J connectivity index is 2.81. The molecule has 0 aromatic heterocycles. The summed E-state index contributed by atoms with van der Waals surface area (Å²) < 4.78 is 0. The molecule has 0 aliphatic rings. The van der Waals surface area contributed by atoms with Crippen LogP contribution in [0.2, 0.25) is 0 Å². The number of hydrogen-bond donors (Lipinski definition) is 8. The van der Waals surface area contributed by atoms with Crippen LogP contribution in [0.4, 0.5) is 16.2 Å². The molecule has 1 rings (SSSR count). The molecule has 3 atom stereocenters. The second-order valence-corrected chi connectivity index (χ2v) is 9.97. The van der Waals surface area contributed by atoms with E-state index in [9.17, 15) is 39.0 Å². The molecular weight excluding hydrogens is 526 g/mol. The van der Waals surface area contributed by atoms with Crippen LogP contribution in [-0.4, -0.2) is 75.7 Å². The molecule has 0 heterocycles. The van der Waals surface area contributed by atoms with Crippen molar-refractivity contribution in [2.24, 2.45) is 11.8 Å². The standard InChI is InChI=1S/C26H39N5O9/c1-14(2)11-18(23(36)31-22(15(3)4)25(38)39)29-24(37)19(13-32)30-26(40)28-17-8-5-7-16(12-17)27-20(33)9-6-10-21(34)35/h5,7-8,12,14-15,18-19,22,32H,6,9-11,13H2,1-4H3,(H,27,33)(H,29,37)(H,31,36)(H,34,35)(H,38,39)(H2,28,30,40)/t18-,19-,22-/m0/s1. The van der Waals surface area contributed by atoms with Crippen LogP contribution < -0.4 is 26.6 Å². The fourth-order valence-corrected chi connectivity index (χ4v) is 3.56. The third-order valence-electron chi connectivity index (χ3n) is 5.57. The minimum Gasteiger partial charge on any atom is -0.481 e. The van der Waals surface area contributed by atoms with E-state index in [-0.39, 0.29) is 37.3 Å². The number of benzene rings is 1. The van der Waals surface area contributed by atoms with Crippen molar-refractivity contribution in [3.8, 4) is 0 Å². The lowest BCUT2D eigenvalue weighted by atomic mass is 10.00.